The lowest BCUT2D eigenvalue weighted by atomic mass is 10.3. The third-order valence-corrected chi connectivity index (χ3v) is 3.37. The predicted molar refractivity (Wildman–Crippen MR) is 69.6 cm³/mol. The number of nitrogens with zero attached hydrogens (tertiary/aromatic N) is 3. The summed E-state index contributed by atoms with van der Waals surface area (Å²) in [5.41, 5.74) is 6.93. The molecule has 0 aliphatic carbocycles. The quantitative estimate of drug-likeness (QED) is 0.522. The first-order valence-electron chi connectivity index (χ1n) is 5.19. The predicted octanol–water partition coefficient (Wildman–Crippen LogP) is 2.37. The number of non-ortho nitro benzene ring substituents is 1. The van der Waals surface area contributed by atoms with Gasteiger partial charge in [-0.05, 0) is 19.1 Å². The van der Waals surface area contributed by atoms with Crippen molar-refractivity contribution in [3.63, 3.8) is 0 Å². The van der Waals surface area contributed by atoms with Crippen LogP contribution in [0.5, 0.6) is 0 Å². The van der Waals surface area contributed by atoms with Crippen molar-refractivity contribution in [3.8, 4) is 0 Å². The molecule has 0 bridgehead atoms. The van der Waals surface area contributed by atoms with Gasteiger partial charge in [-0.15, -0.1) is 0 Å². The Labute approximate surface area is 108 Å². The van der Waals surface area contributed by atoms with Gasteiger partial charge in [0.2, 0.25) is 0 Å². The minimum atomic E-state index is -0.449. The number of nitro benzene ring substituents is 1. The Morgan fingerprint density at radius 2 is 2.11 bits per heavy atom. The lowest BCUT2D eigenvalue weighted by molar-refractivity contribution is -0.385. The minimum Gasteiger partial charge on any atom is -0.398 e. The zero-order valence-electron chi connectivity index (χ0n) is 9.95. The molecule has 0 amide bonds. The van der Waals surface area contributed by atoms with Crippen LogP contribution in [0.2, 0.25) is 0 Å². The Morgan fingerprint density at radius 1 is 1.39 bits per heavy atom. The van der Waals surface area contributed by atoms with E-state index < -0.39 is 4.92 Å². The highest BCUT2D eigenvalue weighted by Crippen LogP contribution is 2.32. The van der Waals surface area contributed by atoms with Crippen molar-refractivity contribution in [1.82, 2.24) is 9.78 Å². The van der Waals surface area contributed by atoms with E-state index in [-0.39, 0.29) is 5.69 Å². The molecule has 2 aromatic rings. The normalized spacial score (nSPS) is 10.6. The standard InChI is InChI=1S/C11H12N4O2S/c1-7-3-11(14(2)13-7)18-10-5-8(12)4-9(6-10)15(16)17/h3-6H,12H2,1-2H3. The highest BCUT2D eigenvalue weighted by molar-refractivity contribution is 7.99. The highest BCUT2D eigenvalue weighted by Gasteiger charge is 2.11. The van der Waals surface area contributed by atoms with Crippen LogP contribution in [0.4, 0.5) is 11.4 Å². The van der Waals surface area contributed by atoms with Crippen LogP contribution >= 0.6 is 11.8 Å². The van der Waals surface area contributed by atoms with Crippen molar-refractivity contribution < 1.29 is 4.92 Å². The average Bonchev–Trinajstić information content (AvgIpc) is 2.56. The fraction of sp³-hybridized carbons (Fsp3) is 0.182. The Kier molecular flexibility index (Phi) is 3.24. The second-order valence-electron chi connectivity index (χ2n) is 3.87. The van der Waals surface area contributed by atoms with Crippen LogP contribution in [0.25, 0.3) is 0 Å². The van der Waals surface area contributed by atoms with Crippen molar-refractivity contribution in [2.45, 2.75) is 16.8 Å². The third-order valence-electron chi connectivity index (χ3n) is 2.31. The van der Waals surface area contributed by atoms with E-state index in [9.17, 15) is 10.1 Å². The molecule has 0 radical (unpaired) electrons. The number of nitrogens with two attached hydrogens (primary N) is 1. The van der Waals surface area contributed by atoms with E-state index in [1.54, 1.807) is 10.7 Å². The molecule has 0 atom stereocenters. The van der Waals surface area contributed by atoms with Gasteiger partial charge in [0.1, 0.15) is 0 Å². The number of nitro groups is 1. The molecule has 6 nitrogen and oxygen atoms in total. The number of anilines is 1. The average molecular weight is 264 g/mol. The van der Waals surface area contributed by atoms with Crippen LogP contribution in [-0.4, -0.2) is 14.7 Å². The van der Waals surface area contributed by atoms with Gasteiger partial charge in [0, 0.05) is 29.8 Å². The molecule has 1 aromatic carbocycles. The Balaban J connectivity index is 2.34. The first-order chi connectivity index (χ1) is 8.45. The number of aryl methyl sites for hydroxylation is 2. The van der Waals surface area contributed by atoms with Gasteiger partial charge in [-0.1, -0.05) is 11.8 Å². The summed E-state index contributed by atoms with van der Waals surface area (Å²) in [5.74, 6) is 0. The molecule has 7 heteroatoms. The SMILES string of the molecule is Cc1cc(Sc2cc(N)cc([N+](=O)[O-])c2)n(C)n1. The summed E-state index contributed by atoms with van der Waals surface area (Å²) in [6, 6.07) is 6.47. The molecule has 0 aliphatic heterocycles. The number of hydrogen-bond acceptors (Lipinski definition) is 5. The van der Waals surface area contributed by atoms with E-state index in [4.69, 9.17) is 5.73 Å². The second-order valence-corrected chi connectivity index (χ2v) is 4.96. The zero-order valence-corrected chi connectivity index (χ0v) is 10.8. The van der Waals surface area contributed by atoms with E-state index in [1.807, 2.05) is 20.0 Å². The van der Waals surface area contributed by atoms with Gasteiger partial charge in [0.15, 0.2) is 0 Å². The summed E-state index contributed by atoms with van der Waals surface area (Å²) >= 11 is 1.40. The number of benzene rings is 1. The summed E-state index contributed by atoms with van der Waals surface area (Å²) < 4.78 is 1.73. The van der Waals surface area contributed by atoms with Gasteiger partial charge in [-0.25, -0.2) is 0 Å². The molecule has 18 heavy (non-hydrogen) atoms. The van der Waals surface area contributed by atoms with Crippen LogP contribution in [0, 0.1) is 17.0 Å². The molecule has 0 fully saturated rings. The van der Waals surface area contributed by atoms with Crippen LogP contribution in [-0.2, 0) is 7.05 Å². The van der Waals surface area contributed by atoms with Crippen molar-refractivity contribution >= 4 is 23.1 Å². The van der Waals surface area contributed by atoms with Gasteiger partial charge in [-0.2, -0.15) is 5.10 Å². The molecule has 94 valence electrons. The number of nitrogen functional groups attached to an aromatic ring is 1. The molecule has 0 saturated heterocycles. The monoisotopic (exact) mass is 264 g/mol. The van der Waals surface area contributed by atoms with Gasteiger partial charge in [0.05, 0.1) is 15.6 Å². The van der Waals surface area contributed by atoms with Crippen molar-refractivity contribution in [2.24, 2.45) is 7.05 Å². The van der Waals surface area contributed by atoms with Crippen LogP contribution in [0.15, 0.2) is 34.2 Å². The Morgan fingerprint density at radius 3 is 2.67 bits per heavy atom. The largest absolute Gasteiger partial charge is 0.398 e. The van der Waals surface area contributed by atoms with Gasteiger partial charge in [0.25, 0.3) is 5.69 Å². The molecular weight excluding hydrogens is 252 g/mol. The summed E-state index contributed by atoms with van der Waals surface area (Å²) in [5, 5.41) is 15.9. The molecular formula is C11H12N4O2S. The van der Waals surface area contributed by atoms with Gasteiger partial charge in [-0.3, -0.25) is 14.8 Å². The topological polar surface area (TPSA) is 87.0 Å². The minimum absolute atomic E-state index is 0.00334. The summed E-state index contributed by atoms with van der Waals surface area (Å²) in [4.78, 5) is 11.0. The molecule has 1 heterocycles. The maximum atomic E-state index is 10.8. The first kappa shape index (κ1) is 12.4. The van der Waals surface area contributed by atoms with E-state index in [0.29, 0.717) is 5.69 Å². The maximum Gasteiger partial charge on any atom is 0.272 e. The number of aromatic nitrogens is 2. The zero-order chi connectivity index (χ0) is 13.3. The molecule has 2 rings (SSSR count). The van der Waals surface area contributed by atoms with Gasteiger partial charge >= 0.3 is 0 Å². The van der Waals surface area contributed by atoms with E-state index in [0.717, 1.165) is 15.6 Å². The fourth-order valence-corrected chi connectivity index (χ4v) is 2.59. The van der Waals surface area contributed by atoms with E-state index in [2.05, 4.69) is 5.10 Å². The fourth-order valence-electron chi connectivity index (χ4n) is 1.57. The van der Waals surface area contributed by atoms with Gasteiger partial charge < -0.3 is 5.73 Å². The molecule has 1 aromatic heterocycles. The number of hydrogen-bond donors (Lipinski definition) is 1. The summed E-state index contributed by atoms with van der Waals surface area (Å²) in [6.07, 6.45) is 0. The van der Waals surface area contributed by atoms with Crippen molar-refractivity contribution in [3.05, 3.63) is 40.1 Å². The third kappa shape index (κ3) is 2.62. The second kappa shape index (κ2) is 4.69. The molecule has 0 saturated carbocycles. The van der Waals surface area contributed by atoms with Crippen LogP contribution < -0.4 is 5.73 Å². The number of rotatable bonds is 3. The Bertz CT molecular complexity index is 609. The molecule has 0 aliphatic rings. The lowest BCUT2D eigenvalue weighted by Gasteiger charge is -2.03. The summed E-state index contributed by atoms with van der Waals surface area (Å²) in [6.45, 7) is 1.89. The van der Waals surface area contributed by atoms with Crippen molar-refractivity contribution in [1.29, 1.82) is 0 Å². The van der Waals surface area contributed by atoms with E-state index in [1.165, 1.54) is 23.9 Å². The lowest BCUT2D eigenvalue weighted by Crippen LogP contribution is -1.94. The molecule has 0 unspecified atom stereocenters. The maximum absolute atomic E-state index is 10.8. The van der Waals surface area contributed by atoms with Crippen LogP contribution in [0.1, 0.15) is 5.69 Å². The van der Waals surface area contributed by atoms with E-state index >= 15 is 0 Å². The first-order valence-corrected chi connectivity index (χ1v) is 6.01. The molecule has 2 N–H and O–H groups in total. The molecule has 0 spiro atoms. The smallest absolute Gasteiger partial charge is 0.272 e. The Hall–Kier alpha value is -2.02. The van der Waals surface area contributed by atoms with Crippen molar-refractivity contribution in [2.75, 3.05) is 5.73 Å². The van der Waals surface area contributed by atoms with Crippen LogP contribution in [0.3, 0.4) is 0 Å². The highest BCUT2D eigenvalue weighted by atomic mass is 32.2. The summed E-state index contributed by atoms with van der Waals surface area (Å²) in [7, 11) is 1.83.